The van der Waals surface area contributed by atoms with Gasteiger partial charge in [0.25, 0.3) is 0 Å². The van der Waals surface area contributed by atoms with Gasteiger partial charge in [-0.15, -0.1) is 0 Å². The number of fused-ring (bicyclic) bond motifs is 1. The number of methoxy groups -OCH3 is 1. The molecule has 1 N–H and O–H groups in total. The van der Waals surface area contributed by atoms with E-state index in [4.69, 9.17) is 4.74 Å². The largest absolute Gasteiger partial charge is 0.497 e. The standard InChI is InChI=1S/C16H23NO/c1-11-3-4-12-7-8-14(18-2)9-15(12)16(17-10-11)13-5-6-13/h7-9,11,13,16-17H,3-6,10H2,1-2H3. The zero-order chi connectivity index (χ0) is 12.5. The van der Waals surface area contributed by atoms with E-state index in [1.807, 2.05) is 0 Å². The van der Waals surface area contributed by atoms with Gasteiger partial charge in [-0.25, -0.2) is 0 Å². The van der Waals surface area contributed by atoms with Crippen LogP contribution >= 0.6 is 0 Å². The smallest absolute Gasteiger partial charge is 0.119 e. The lowest BCUT2D eigenvalue weighted by Gasteiger charge is -2.27. The number of rotatable bonds is 2. The predicted molar refractivity (Wildman–Crippen MR) is 73.9 cm³/mol. The second-order valence-electron chi connectivity index (χ2n) is 5.93. The van der Waals surface area contributed by atoms with Crippen molar-refractivity contribution in [3.63, 3.8) is 0 Å². The van der Waals surface area contributed by atoms with Crippen molar-refractivity contribution in [2.75, 3.05) is 13.7 Å². The molecule has 2 aliphatic rings. The van der Waals surface area contributed by atoms with Gasteiger partial charge in [-0.2, -0.15) is 0 Å². The summed E-state index contributed by atoms with van der Waals surface area (Å²) in [6.45, 7) is 3.50. The SMILES string of the molecule is COc1ccc2c(c1)C(C1CC1)NCC(C)CC2. The van der Waals surface area contributed by atoms with Gasteiger partial charge < -0.3 is 10.1 Å². The first-order valence-corrected chi connectivity index (χ1v) is 7.18. The van der Waals surface area contributed by atoms with E-state index in [2.05, 4.69) is 30.4 Å². The molecule has 2 unspecified atom stereocenters. The van der Waals surface area contributed by atoms with Crippen LogP contribution < -0.4 is 10.1 Å². The molecule has 1 aromatic carbocycles. The van der Waals surface area contributed by atoms with Gasteiger partial charge in [-0.1, -0.05) is 13.0 Å². The summed E-state index contributed by atoms with van der Waals surface area (Å²) in [5.41, 5.74) is 3.01. The van der Waals surface area contributed by atoms with Crippen molar-refractivity contribution in [2.45, 2.75) is 38.6 Å². The lowest BCUT2D eigenvalue weighted by atomic mass is 9.89. The summed E-state index contributed by atoms with van der Waals surface area (Å²) in [6.07, 6.45) is 5.25. The fraction of sp³-hybridized carbons (Fsp3) is 0.625. The molecular weight excluding hydrogens is 222 g/mol. The molecule has 0 radical (unpaired) electrons. The fourth-order valence-electron chi connectivity index (χ4n) is 3.01. The minimum absolute atomic E-state index is 0.554. The summed E-state index contributed by atoms with van der Waals surface area (Å²) < 4.78 is 5.39. The van der Waals surface area contributed by atoms with Crippen molar-refractivity contribution < 1.29 is 4.74 Å². The van der Waals surface area contributed by atoms with Gasteiger partial charge in [0, 0.05) is 6.04 Å². The van der Waals surface area contributed by atoms with Crippen molar-refractivity contribution in [1.82, 2.24) is 5.32 Å². The number of benzene rings is 1. The van der Waals surface area contributed by atoms with E-state index in [0.717, 1.165) is 24.1 Å². The van der Waals surface area contributed by atoms with Crippen LogP contribution in [0.4, 0.5) is 0 Å². The minimum atomic E-state index is 0.554. The van der Waals surface area contributed by atoms with Gasteiger partial charge in [0.05, 0.1) is 7.11 Å². The summed E-state index contributed by atoms with van der Waals surface area (Å²) >= 11 is 0. The van der Waals surface area contributed by atoms with Crippen molar-refractivity contribution in [2.24, 2.45) is 11.8 Å². The van der Waals surface area contributed by atoms with E-state index in [-0.39, 0.29) is 0 Å². The molecule has 18 heavy (non-hydrogen) atoms. The van der Waals surface area contributed by atoms with E-state index >= 15 is 0 Å². The van der Waals surface area contributed by atoms with Gasteiger partial charge >= 0.3 is 0 Å². The summed E-state index contributed by atoms with van der Waals surface area (Å²) in [5, 5.41) is 3.79. The number of nitrogens with one attached hydrogen (secondary N) is 1. The maximum absolute atomic E-state index is 5.39. The zero-order valence-electron chi connectivity index (χ0n) is 11.4. The third-order valence-electron chi connectivity index (χ3n) is 4.37. The van der Waals surface area contributed by atoms with E-state index in [1.54, 1.807) is 7.11 Å². The Morgan fingerprint density at radius 3 is 2.78 bits per heavy atom. The third kappa shape index (κ3) is 2.39. The Hall–Kier alpha value is -1.02. The van der Waals surface area contributed by atoms with Crippen LogP contribution in [0.2, 0.25) is 0 Å². The maximum atomic E-state index is 5.39. The summed E-state index contributed by atoms with van der Waals surface area (Å²) in [7, 11) is 1.76. The maximum Gasteiger partial charge on any atom is 0.119 e. The van der Waals surface area contributed by atoms with Gasteiger partial charge in [0.2, 0.25) is 0 Å². The topological polar surface area (TPSA) is 21.3 Å². The first kappa shape index (κ1) is 12.0. The summed E-state index contributed by atoms with van der Waals surface area (Å²) in [4.78, 5) is 0. The van der Waals surface area contributed by atoms with Crippen molar-refractivity contribution in [1.29, 1.82) is 0 Å². The molecule has 0 aromatic heterocycles. The first-order chi connectivity index (χ1) is 8.78. The Morgan fingerprint density at radius 1 is 1.22 bits per heavy atom. The molecule has 2 atom stereocenters. The number of ether oxygens (including phenoxy) is 1. The molecule has 1 saturated carbocycles. The number of aryl methyl sites for hydroxylation is 1. The van der Waals surface area contributed by atoms with Crippen molar-refractivity contribution in [3.05, 3.63) is 29.3 Å². The van der Waals surface area contributed by atoms with Crippen molar-refractivity contribution in [3.8, 4) is 5.75 Å². The molecule has 98 valence electrons. The molecular formula is C16H23NO. The van der Waals surface area contributed by atoms with E-state index in [9.17, 15) is 0 Å². The van der Waals surface area contributed by atoms with Crippen LogP contribution in [0.15, 0.2) is 18.2 Å². The highest BCUT2D eigenvalue weighted by atomic mass is 16.5. The second-order valence-corrected chi connectivity index (χ2v) is 5.93. The highest BCUT2D eigenvalue weighted by Gasteiger charge is 2.34. The molecule has 2 heteroatoms. The quantitative estimate of drug-likeness (QED) is 0.863. The Bertz CT molecular complexity index is 425. The van der Waals surface area contributed by atoms with Gasteiger partial charge in [-0.05, 0) is 67.3 Å². The average molecular weight is 245 g/mol. The van der Waals surface area contributed by atoms with Gasteiger partial charge in [0.15, 0.2) is 0 Å². The molecule has 0 spiro atoms. The molecule has 1 heterocycles. The zero-order valence-corrected chi connectivity index (χ0v) is 11.4. The van der Waals surface area contributed by atoms with Gasteiger partial charge in [-0.3, -0.25) is 0 Å². The predicted octanol–water partition coefficient (Wildman–Crippen LogP) is 3.32. The highest BCUT2D eigenvalue weighted by molar-refractivity contribution is 5.39. The Balaban J connectivity index is 1.96. The molecule has 3 rings (SSSR count). The van der Waals surface area contributed by atoms with Gasteiger partial charge in [0.1, 0.15) is 5.75 Å². The molecule has 0 saturated heterocycles. The first-order valence-electron chi connectivity index (χ1n) is 7.18. The lowest BCUT2D eigenvalue weighted by Crippen LogP contribution is -2.30. The molecule has 0 amide bonds. The second kappa shape index (κ2) is 4.93. The van der Waals surface area contributed by atoms with Crippen LogP contribution in [-0.4, -0.2) is 13.7 Å². The monoisotopic (exact) mass is 245 g/mol. The molecule has 0 bridgehead atoms. The molecule has 2 nitrogen and oxygen atoms in total. The summed E-state index contributed by atoms with van der Waals surface area (Å²) in [6, 6.07) is 7.18. The number of hydrogen-bond donors (Lipinski definition) is 1. The molecule has 1 aliphatic heterocycles. The van der Waals surface area contributed by atoms with E-state index in [0.29, 0.717) is 6.04 Å². The average Bonchev–Trinajstić information content (AvgIpc) is 3.19. The molecule has 1 fully saturated rings. The fourth-order valence-corrected chi connectivity index (χ4v) is 3.01. The summed E-state index contributed by atoms with van der Waals surface area (Å²) in [5.74, 6) is 2.62. The van der Waals surface area contributed by atoms with Crippen LogP contribution in [0, 0.1) is 11.8 Å². The Labute approximate surface area is 110 Å². The van der Waals surface area contributed by atoms with E-state index in [1.165, 1.54) is 36.8 Å². The minimum Gasteiger partial charge on any atom is -0.497 e. The Kier molecular flexibility index (Phi) is 3.29. The molecule has 1 aliphatic carbocycles. The number of hydrogen-bond acceptors (Lipinski definition) is 2. The molecule has 1 aromatic rings. The van der Waals surface area contributed by atoms with Crippen LogP contribution in [0.3, 0.4) is 0 Å². The van der Waals surface area contributed by atoms with Crippen LogP contribution in [0.25, 0.3) is 0 Å². The van der Waals surface area contributed by atoms with Crippen LogP contribution in [0.5, 0.6) is 5.75 Å². The highest BCUT2D eigenvalue weighted by Crippen LogP contribution is 2.43. The lowest BCUT2D eigenvalue weighted by molar-refractivity contribution is 0.386. The van der Waals surface area contributed by atoms with E-state index < -0.39 is 0 Å². The third-order valence-corrected chi connectivity index (χ3v) is 4.37. The van der Waals surface area contributed by atoms with Crippen LogP contribution in [-0.2, 0) is 6.42 Å². The van der Waals surface area contributed by atoms with Crippen LogP contribution in [0.1, 0.15) is 43.4 Å². The Morgan fingerprint density at radius 2 is 2.06 bits per heavy atom. The van der Waals surface area contributed by atoms with Crippen molar-refractivity contribution >= 4 is 0 Å². The normalized spacial score (nSPS) is 28.1.